The zero-order chi connectivity index (χ0) is 13.6. The lowest BCUT2D eigenvalue weighted by Gasteiger charge is -2.33. The molecule has 2 aromatic rings. The molecule has 2 heteroatoms. The molecule has 0 saturated carbocycles. The Morgan fingerprint density at radius 1 is 1.05 bits per heavy atom. The van der Waals surface area contributed by atoms with Gasteiger partial charge in [-0.1, -0.05) is 50.2 Å². The van der Waals surface area contributed by atoms with E-state index in [9.17, 15) is 0 Å². The molecule has 0 fully saturated rings. The van der Waals surface area contributed by atoms with Crippen molar-refractivity contribution in [2.24, 2.45) is 0 Å². The third-order valence-electron chi connectivity index (χ3n) is 3.87. The molecule has 0 aliphatic carbocycles. The van der Waals surface area contributed by atoms with E-state index in [2.05, 4.69) is 67.0 Å². The molecule has 0 spiro atoms. The van der Waals surface area contributed by atoms with Crippen LogP contribution in [0.4, 0.5) is 0 Å². The summed E-state index contributed by atoms with van der Waals surface area (Å²) in [6.07, 6.45) is 2.28. The minimum atomic E-state index is 0.210. The maximum Gasteiger partial charge on any atom is 0.0123 e. The molecule has 1 atom stereocenters. The summed E-state index contributed by atoms with van der Waals surface area (Å²) in [4.78, 5) is 1.48. The number of nitrogens with one attached hydrogen (secondary N) is 1. The van der Waals surface area contributed by atoms with Crippen LogP contribution in [-0.2, 0) is 11.8 Å². The van der Waals surface area contributed by atoms with E-state index in [1.54, 1.807) is 0 Å². The third kappa shape index (κ3) is 3.46. The Kier molecular flexibility index (Phi) is 5.17. The van der Waals surface area contributed by atoms with Gasteiger partial charge >= 0.3 is 0 Å². The van der Waals surface area contributed by atoms with Gasteiger partial charge in [-0.25, -0.2) is 0 Å². The van der Waals surface area contributed by atoms with Crippen LogP contribution in [-0.4, -0.2) is 13.1 Å². The number of hydrogen-bond donors (Lipinski definition) is 1. The predicted octanol–water partition coefficient (Wildman–Crippen LogP) is 4.25. The summed E-state index contributed by atoms with van der Waals surface area (Å²) < 4.78 is 0. The molecule has 0 aliphatic heterocycles. The first-order valence-electron chi connectivity index (χ1n) is 7.09. The van der Waals surface area contributed by atoms with Crippen LogP contribution < -0.4 is 5.32 Å². The summed E-state index contributed by atoms with van der Waals surface area (Å²) >= 11 is 1.87. The van der Waals surface area contributed by atoms with Gasteiger partial charge in [0.1, 0.15) is 0 Å². The molecule has 1 heterocycles. The van der Waals surface area contributed by atoms with E-state index < -0.39 is 0 Å². The second kappa shape index (κ2) is 6.88. The van der Waals surface area contributed by atoms with E-state index in [1.165, 1.54) is 10.4 Å². The highest BCUT2D eigenvalue weighted by Gasteiger charge is 2.30. The largest absolute Gasteiger partial charge is 0.316 e. The molecule has 0 aliphatic rings. The first-order valence-corrected chi connectivity index (χ1v) is 7.97. The molecule has 0 amide bonds. The van der Waals surface area contributed by atoms with E-state index in [4.69, 9.17) is 0 Å². The van der Waals surface area contributed by atoms with E-state index in [1.807, 2.05) is 11.3 Å². The smallest absolute Gasteiger partial charge is 0.0123 e. The molecule has 1 nitrogen and oxygen atoms in total. The van der Waals surface area contributed by atoms with Crippen molar-refractivity contribution in [3.8, 4) is 0 Å². The van der Waals surface area contributed by atoms with Crippen molar-refractivity contribution in [2.45, 2.75) is 32.1 Å². The van der Waals surface area contributed by atoms with Crippen LogP contribution in [0.3, 0.4) is 0 Å². The van der Waals surface area contributed by atoms with Crippen molar-refractivity contribution >= 4 is 11.3 Å². The molecule has 102 valence electrons. The fourth-order valence-electron chi connectivity index (χ4n) is 2.62. The average molecular weight is 273 g/mol. The Labute approximate surface area is 120 Å². The molecule has 1 unspecified atom stereocenters. The maximum atomic E-state index is 3.56. The van der Waals surface area contributed by atoms with Gasteiger partial charge in [-0.05, 0) is 36.4 Å². The van der Waals surface area contributed by atoms with Crippen LogP contribution in [0.1, 0.15) is 30.7 Å². The lowest BCUT2D eigenvalue weighted by Crippen LogP contribution is -2.39. The highest BCUT2D eigenvalue weighted by Crippen LogP contribution is 2.32. The van der Waals surface area contributed by atoms with Crippen molar-refractivity contribution in [1.29, 1.82) is 0 Å². The highest BCUT2D eigenvalue weighted by molar-refractivity contribution is 7.09. The second-order valence-corrected chi connectivity index (χ2v) is 6.07. The van der Waals surface area contributed by atoms with Crippen LogP contribution in [0.2, 0.25) is 0 Å². The number of likely N-dealkylation sites (N-methyl/N-ethyl adjacent to an activating group) is 1. The minimum Gasteiger partial charge on any atom is -0.316 e. The lowest BCUT2D eigenvalue weighted by molar-refractivity contribution is 0.384. The van der Waals surface area contributed by atoms with Gasteiger partial charge in [-0.2, -0.15) is 0 Å². The predicted molar refractivity (Wildman–Crippen MR) is 85.0 cm³/mol. The van der Waals surface area contributed by atoms with Gasteiger partial charge in [-0.3, -0.25) is 0 Å². The fraction of sp³-hybridized carbons (Fsp3) is 0.412. The maximum absolute atomic E-state index is 3.56. The molecule has 1 aromatic heterocycles. The van der Waals surface area contributed by atoms with Crippen molar-refractivity contribution in [1.82, 2.24) is 5.32 Å². The first kappa shape index (κ1) is 14.3. The van der Waals surface area contributed by atoms with E-state index >= 15 is 0 Å². The minimum absolute atomic E-state index is 0.210. The zero-order valence-corrected chi connectivity index (χ0v) is 12.7. The molecule has 1 aromatic carbocycles. The Balaban J connectivity index is 2.30. The summed E-state index contributed by atoms with van der Waals surface area (Å²) in [5.74, 6) is 0. The highest BCUT2D eigenvalue weighted by atomic mass is 32.1. The van der Waals surface area contributed by atoms with Gasteiger partial charge in [-0.15, -0.1) is 11.3 Å². The van der Waals surface area contributed by atoms with Gasteiger partial charge < -0.3 is 5.32 Å². The summed E-state index contributed by atoms with van der Waals surface area (Å²) in [7, 11) is 0. The standard InChI is InChI=1S/C17H23NS/c1-3-17(14-18-4-2,13-16-11-8-12-19-16)15-9-6-5-7-10-15/h5-12,18H,3-4,13-14H2,1-2H3. The lowest BCUT2D eigenvalue weighted by atomic mass is 9.75. The SMILES string of the molecule is CCNCC(CC)(Cc1cccs1)c1ccccc1. The van der Waals surface area contributed by atoms with Gasteiger partial charge in [0.2, 0.25) is 0 Å². The van der Waals surface area contributed by atoms with Gasteiger partial charge in [0, 0.05) is 16.8 Å². The van der Waals surface area contributed by atoms with Crippen molar-refractivity contribution in [2.75, 3.05) is 13.1 Å². The van der Waals surface area contributed by atoms with Crippen LogP contribution in [0, 0.1) is 0 Å². The summed E-state index contributed by atoms with van der Waals surface area (Å²) in [6.45, 7) is 6.55. The zero-order valence-electron chi connectivity index (χ0n) is 11.9. The molecule has 0 bridgehead atoms. The summed E-state index contributed by atoms with van der Waals surface area (Å²) in [5, 5.41) is 5.73. The Bertz CT molecular complexity index is 463. The Morgan fingerprint density at radius 3 is 2.42 bits per heavy atom. The van der Waals surface area contributed by atoms with Crippen LogP contribution >= 0.6 is 11.3 Å². The molecular weight excluding hydrogens is 250 g/mol. The van der Waals surface area contributed by atoms with Crippen molar-refractivity contribution in [3.63, 3.8) is 0 Å². The monoisotopic (exact) mass is 273 g/mol. The van der Waals surface area contributed by atoms with Gasteiger partial charge in [0.25, 0.3) is 0 Å². The van der Waals surface area contributed by atoms with Gasteiger partial charge in [0.15, 0.2) is 0 Å². The number of rotatable bonds is 7. The van der Waals surface area contributed by atoms with Crippen LogP contribution in [0.15, 0.2) is 47.8 Å². The normalized spacial score (nSPS) is 14.2. The summed E-state index contributed by atoms with van der Waals surface area (Å²) in [6, 6.07) is 15.4. The van der Waals surface area contributed by atoms with E-state index in [0.29, 0.717) is 0 Å². The van der Waals surface area contributed by atoms with Crippen LogP contribution in [0.25, 0.3) is 0 Å². The molecule has 0 saturated heterocycles. The molecule has 1 N–H and O–H groups in total. The van der Waals surface area contributed by atoms with E-state index in [-0.39, 0.29) is 5.41 Å². The van der Waals surface area contributed by atoms with Gasteiger partial charge in [0.05, 0.1) is 0 Å². The second-order valence-electron chi connectivity index (χ2n) is 5.04. The molecule has 19 heavy (non-hydrogen) atoms. The molecule has 2 rings (SSSR count). The molecule has 0 radical (unpaired) electrons. The number of hydrogen-bond acceptors (Lipinski definition) is 2. The average Bonchev–Trinajstić information content (AvgIpc) is 2.97. The first-order chi connectivity index (χ1) is 9.30. The van der Waals surface area contributed by atoms with Crippen molar-refractivity contribution in [3.05, 3.63) is 58.3 Å². The quantitative estimate of drug-likeness (QED) is 0.795. The summed E-state index contributed by atoms with van der Waals surface area (Å²) in [5.41, 5.74) is 1.66. The molecular formula is C17H23NS. The van der Waals surface area contributed by atoms with E-state index in [0.717, 1.165) is 25.9 Å². The number of benzene rings is 1. The Hall–Kier alpha value is -1.12. The third-order valence-corrected chi connectivity index (χ3v) is 4.75. The topological polar surface area (TPSA) is 12.0 Å². The Morgan fingerprint density at radius 2 is 1.84 bits per heavy atom. The van der Waals surface area contributed by atoms with Crippen molar-refractivity contribution < 1.29 is 0 Å². The fourth-order valence-corrected chi connectivity index (χ4v) is 3.47. The van der Waals surface area contributed by atoms with Crippen LogP contribution in [0.5, 0.6) is 0 Å². The number of thiophene rings is 1.